The standard InChI is InChI=1S/C14H14F2N4O/c1-2-17-14(21)12-5-6-13(20-19-12)18-8-9-3-4-10(15)7-11(9)16/h3-7H,2,8H2,1H3,(H,17,21)(H,18,20). The highest BCUT2D eigenvalue weighted by atomic mass is 19.1. The molecule has 0 spiro atoms. The Morgan fingerprint density at radius 1 is 1.19 bits per heavy atom. The highest BCUT2D eigenvalue weighted by Crippen LogP contribution is 2.11. The van der Waals surface area contributed by atoms with Crippen LogP contribution in [0.4, 0.5) is 14.6 Å². The predicted octanol–water partition coefficient (Wildman–Crippen LogP) is 2.12. The summed E-state index contributed by atoms with van der Waals surface area (Å²) in [5.41, 5.74) is 0.515. The SMILES string of the molecule is CCNC(=O)c1ccc(NCc2ccc(F)cc2F)nn1. The summed E-state index contributed by atoms with van der Waals surface area (Å²) in [6.45, 7) is 2.45. The smallest absolute Gasteiger partial charge is 0.271 e. The maximum Gasteiger partial charge on any atom is 0.271 e. The number of benzene rings is 1. The molecule has 1 heterocycles. The van der Waals surface area contributed by atoms with E-state index in [1.165, 1.54) is 18.2 Å². The molecule has 0 aliphatic rings. The van der Waals surface area contributed by atoms with Crippen molar-refractivity contribution in [1.29, 1.82) is 0 Å². The van der Waals surface area contributed by atoms with E-state index in [0.717, 1.165) is 6.07 Å². The third-order valence-electron chi connectivity index (χ3n) is 2.71. The van der Waals surface area contributed by atoms with Crippen LogP contribution < -0.4 is 10.6 Å². The molecule has 2 N–H and O–H groups in total. The molecule has 0 saturated carbocycles. The molecule has 0 radical (unpaired) electrons. The van der Waals surface area contributed by atoms with Crippen LogP contribution in [0, 0.1) is 11.6 Å². The van der Waals surface area contributed by atoms with Crippen molar-refractivity contribution in [2.45, 2.75) is 13.5 Å². The molecule has 7 heteroatoms. The lowest BCUT2D eigenvalue weighted by molar-refractivity contribution is 0.0950. The van der Waals surface area contributed by atoms with E-state index in [1.54, 1.807) is 13.0 Å². The number of hydrogen-bond acceptors (Lipinski definition) is 4. The second-order valence-corrected chi connectivity index (χ2v) is 4.25. The van der Waals surface area contributed by atoms with E-state index < -0.39 is 11.6 Å². The maximum absolute atomic E-state index is 13.4. The first-order chi connectivity index (χ1) is 10.1. The van der Waals surface area contributed by atoms with Crippen molar-refractivity contribution in [1.82, 2.24) is 15.5 Å². The van der Waals surface area contributed by atoms with Crippen LogP contribution in [-0.4, -0.2) is 22.6 Å². The number of anilines is 1. The van der Waals surface area contributed by atoms with Crippen LogP contribution in [0.2, 0.25) is 0 Å². The molecule has 0 fully saturated rings. The van der Waals surface area contributed by atoms with Crippen LogP contribution >= 0.6 is 0 Å². The van der Waals surface area contributed by atoms with Crippen molar-refractivity contribution in [2.24, 2.45) is 0 Å². The van der Waals surface area contributed by atoms with Gasteiger partial charge in [-0.1, -0.05) is 6.07 Å². The van der Waals surface area contributed by atoms with Crippen LogP contribution in [0.3, 0.4) is 0 Å². The number of aromatic nitrogens is 2. The van der Waals surface area contributed by atoms with Gasteiger partial charge in [0.25, 0.3) is 5.91 Å². The van der Waals surface area contributed by atoms with Crippen molar-refractivity contribution in [3.8, 4) is 0 Å². The Morgan fingerprint density at radius 3 is 2.62 bits per heavy atom. The Kier molecular flexibility index (Phi) is 4.76. The molecular formula is C14H14F2N4O. The van der Waals surface area contributed by atoms with E-state index in [9.17, 15) is 13.6 Å². The molecule has 0 unspecified atom stereocenters. The zero-order chi connectivity index (χ0) is 15.2. The molecule has 21 heavy (non-hydrogen) atoms. The highest BCUT2D eigenvalue weighted by molar-refractivity contribution is 5.92. The molecule has 1 aromatic carbocycles. The van der Waals surface area contributed by atoms with Gasteiger partial charge in [-0.3, -0.25) is 4.79 Å². The van der Waals surface area contributed by atoms with Crippen LogP contribution in [0.5, 0.6) is 0 Å². The van der Waals surface area contributed by atoms with E-state index in [2.05, 4.69) is 20.8 Å². The number of halogens is 2. The number of hydrogen-bond donors (Lipinski definition) is 2. The Labute approximate surface area is 120 Å². The van der Waals surface area contributed by atoms with Gasteiger partial charge in [0.05, 0.1) is 0 Å². The lowest BCUT2D eigenvalue weighted by Crippen LogP contribution is -2.24. The van der Waals surface area contributed by atoms with Crippen LogP contribution in [-0.2, 0) is 6.54 Å². The number of amides is 1. The molecule has 2 rings (SSSR count). The molecule has 0 atom stereocenters. The van der Waals surface area contributed by atoms with Gasteiger partial charge < -0.3 is 10.6 Å². The molecule has 1 amide bonds. The quantitative estimate of drug-likeness (QED) is 0.886. The fourth-order valence-corrected chi connectivity index (χ4v) is 1.65. The minimum atomic E-state index is -0.630. The topological polar surface area (TPSA) is 66.9 Å². The Morgan fingerprint density at radius 2 is 2.00 bits per heavy atom. The third kappa shape index (κ3) is 3.95. The maximum atomic E-state index is 13.4. The van der Waals surface area contributed by atoms with E-state index >= 15 is 0 Å². The summed E-state index contributed by atoms with van der Waals surface area (Å²) in [7, 11) is 0. The minimum absolute atomic E-state index is 0.140. The molecule has 0 saturated heterocycles. The van der Waals surface area contributed by atoms with E-state index in [1.807, 2.05) is 0 Å². The molecule has 110 valence electrons. The third-order valence-corrected chi connectivity index (χ3v) is 2.71. The van der Waals surface area contributed by atoms with Crippen molar-refractivity contribution >= 4 is 11.7 Å². The van der Waals surface area contributed by atoms with Crippen molar-refractivity contribution < 1.29 is 13.6 Å². The van der Waals surface area contributed by atoms with Gasteiger partial charge in [0.2, 0.25) is 0 Å². The average molecular weight is 292 g/mol. The predicted molar refractivity (Wildman–Crippen MR) is 73.7 cm³/mol. The van der Waals surface area contributed by atoms with Crippen molar-refractivity contribution in [2.75, 3.05) is 11.9 Å². The Bertz CT molecular complexity index is 631. The molecule has 5 nitrogen and oxygen atoms in total. The number of rotatable bonds is 5. The molecular weight excluding hydrogens is 278 g/mol. The summed E-state index contributed by atoms with van der Waals surface area (Å²) in [5, 5.41) is 13.1. The molecule has 0 bridgehead atoms. The number of carbonyl (C=O) groups is 1. The average Bonchev–Trinajstić information content (AvgIpc) is 2.47. The normalized spacial score (nSPS) is 10.2. The highest BCUT2D eigenvalue weighted by Gasteiger charge is 2.07. The molecule has 2 aromatic rings. The Balaban J connectivity index is 1.99. The van der Waals surface area contributed by atoms with Gasteiger partial charge in [0, 0.05) is 24.7 Å². The summed E-state index contributed by atoms with van der Waals surface area (Å²) in [4.78, 5) is 11.5. The lowest BCUT2D eigenvalue weighted by Gasteiger charge is -2.07. The van der Waals surface area contributed by atoms with Crippen LogP contribution in [0.15, 0.2) is 30.3 Å². The van der Waals surface area contributed by atoms with Gasteiger partial charge in [0.15, 0.2) is 5.69 Å². The molecule has 1 aromatic heterocycles. The van der Waals surface area contributed by atoms with Crippen molar-refractivity contribution in [3.63, 3.8) is 0 Å². The zero-order valence-electron chi connectivity index (χ0n) is 11.4. The molecule has 0 aliphatic heterocycles. The van der Waals surface area contributed by atoms with Gasteiger partial charge in [-0.25, -0.2) is 8.78 Å². The summed E-state index contributed by atoms with van der Waals surface area (Å²) >= 11 is 0. The van der Waals surface area contributed by atoms with Crippen molar-refractivity contribution in [3.05, 3.63) is 53.2 Å². The first kappa shape index (κ1) is 14.8. The van der Waals surface area contributed by atoms with Gasteiger partial charge in [-0.2, -0.15) is 0 Å². The summed E-state index contributed by atoms with van der Waals surface area (Å²) in [5.74, 6) is -1.16. The Hall–Kier alpha value is -2.57. The first-order valence-electron chi connectivity index (χ1n) is 6.40. The van der Waals surface area contributed by atoms with E-state index in [-0.39, 0.29) is 18.1 Å². The fraction of sp³-hybridized carbons (Fsp3) is 0.214. The van der Waals surface area contributed by atoms with Gasteiger partial charge in [-0.05, 0) is 25.1 Å². The number of nitrogens with one attached hydrogen (secondary N) is 2. The van der Waals surface area contributed by atoms with Gasteiger partial charge >= 0.3 is 0 Å². The number of carbonyl (C=O) groups excluding carboxylic acids is 1. The second kappa shape index (κ2) is 6.74. The van der Waals surface area contributed by atoms with E-state index in [0.29, 0.717) is 17.9 Å². The minimum Gasteiger partial charge on any atom is -0.364 e. The summed E-state index contributed by atoms with van der Waals surface area (Å²) in [6.07, 6.45) is 0. The largest absolute Gasteiger partial charge is 0.364 e. The van der Waals surface area contributed by atoms with E-state index in [4.69, 9.17) is 0 Å². The van der Waals surface area contributed by atoms with Gasteiger partial charge in [0.1, 0.15) is 17.5 Å². The first-order valence-corrected chi connectivity index (χ1v) is 6.40. The monoisotopic (exact) mass is 292 g/mol. The van der Waals surface area contributed by atoms with Gasteiger partial charge in [-0.15, -0.1) is 10.2 Å². The molecule has 0 aliphatic carbocycles. The van der Waals surface area contributed by atoms with Crippen LogP contribution in [0.25, 0.3) is 0 Å². The summed E-state index contributed by atoms with van der Waals surface area (Å²) in [6, 6.07) is 6.44. The summed E-state index contributed by atoms with van der Waals surface area (Å²) < 4.78 is 26.2. The van der Waals surface area contributed by atoms with Crippen LogP contribution in [0.1, 0.15) is 23.0 Å². The zero-order valence-corrected chi connectivity index (χ0v) is 11.4. The second-order valence-electron chi connectivity index (χ2n) is 4.25. The number of nitrogens with zero attached hydrogens (tertiary/aromatic N) is 2. The fourth-order valence-electron chi connectivity index (χ4n) is 1.65. The lowest BCUT2D eigenvalue weighted by atomic mass is 10.2.